The molecule has 1 amide bonds. The molecule has 27 heavy (non-hydrogen) atoms. The Morgan fingerprint density at radius 1 is 1.33 bits per heavy atom. The summed E-state index contributed by atoms with van der Waals surface area (Å²) in [5.41, 5.74) is 1.92. The first-order chi connectivity index (χ1) is 13.1. The second-order valence-electron chi connectivity index (χ2n) is 6.85. The number of carbonyl (C=O) groups excluding carboxylic acids is 1. The summed E-state index contributed by atoms with van der Waals surface area (Å²) in [7, 11) is 1.64. The zero-order valence-corrected chi connectivity index (χ0v) is 16.4. The maximum absolute atomic E-state index is 12.9. The zero-order chi connectivity index (χ0) is 19.0. The summed E-state index contributed by atoms with van der Waals surface area (Å²) < 4.78 is 5.27. The molecule has 2 heterocycles. The lowest BCUT2D eigenvalue weighted by molar-refractivity contribution is 0.0943. The van der Waals surface area contributed by atoms with Gasteiger partial charge in [-0.05, 0) is 49.9 Å². The summed E-state index contributed by atoms with van der Waals surface area (Å²) >= 11 is 1.41. The van der Waals surface area contributed by atoms with E-state index in [4.69, 9.17) is 4.74 Å². The van der Waals surface area contributed by atoms with Gasteiger partial charge in [0.2, 0.25) is 0 Å². The van der Waals surface area contributed by atoms with Crippen LogP contribution in [-0.4, -0.2) is 29.0 Å². The third kappa shape index (κ3) is 3.60. The van der Waals surface area contributed by atoms with Crippen molar-refractivity contribution in [2.45, 2.75) is 38.8 Å². The van der Waals surface area contributed by atoms with Crippen molar-refractivity contribution in [1.82, 2.24) is 15.3 Å². The number of aromatic nitrogens is 2. The van der Waals surface area contributed by atoms with E-state index in [9.17, 15) is 4.79 Å². The average Bonchev–Trinajstić information content (AvgIpc) is 3.43. The van der Waals surface area contributed by atoms with Gasteiger partial charge in [-0.1, -0.05) is 12.1 Å². The predicted molar refractivity (Wildman–Crippen MR) is 108 cm³/mol. The fourth-order valence-corrected chi connectivity index (χ4v) is 4.13. The van der Waals surface area contributed by atoms with Crippen LogP contribution in [0, 0.1) is 6.92 Å². The van der Waals surface area contributed by atoms with E-state index >= 15 is 0 Å². The highest BCUT2D eigenvalue weighted by atomic mass is 32.1. The van der Waals surface area contributed by atoms with Crippen molar-refractivity contribution in [2.24, 2.45) is 0 Å². The molecule has 140 valence electrons. The van der Waals surface area contributed by atoms with Gasteiger partial charge in [0, 0.05) is 6.04 Å². The Morgan fingerprint density at radius 3 is 2.89 bits per heavy atom. The lowest BCUT2D eigenvalue weighted by Gasteiger charge is -2.15. The van der Waals surface area contributed by atoms with Crippen molar-refractivity contribution < 1.29 is 9.53 Å². The summed E-state index contributed by atoms with van der Waals surface area (Å²) in [6, 6.07) is 8.09. The first kappa shape index (κ1) is 17.7. The van der Waals surface area contributed by atoms with Crippen LogP contribution in [0.4, 0.5) is 5.82 Å². The van der Waals surface area contributed by atoms with Crippen LogP contribution >= 0.6 is 11.3 Å². The fraction of sp³-hybridized carbons (Fsp3) is 0.350. The minimum atomic E-state index is -0.132. The van der Waals surface area contributed by atoms with Gasteiger partial charge in [-0.15, -0.1) is 11.3 Å². The monoisotopic (exact) mass is 382 g/mol. The number of carbonyl (C=O) groups is 1. The van der Waals surface area contributed by atoms with E-state index in [-0.39, 0.29) is 11.9 Å². The molecule has 7 heteroatoms. The molecule has 0 bridgehead atoms. The van der Waals surface area contributed by atoms with Crippen molar-refractivity contribution in [3.63, 3.8) is 0 Å². The van der Waals surface area contributed by atoms with E-state index in [1.54, 1.807) is 13.4 Å². The van der Waals surface area contributed by atoms with Gasteiger partial charge in [0.05, 0.1) is 23.4 Å². The van der Waals surface area contributed by atoms with Gasteiger partial charge in [0.15, 0.2) is 0 Å². The van der Waals surface area contributed by atoms with E-state index in [0.29, 0.717) is 10.9 Å². The molecule has 4 rings (SSSR count). The van der Waals surface area contributed by atoms with Crippen LogP contribution in [0.15, 0.2) is 30.6 Å². The van der Waals surface area contributed by atoms with E-state index in [0.717, 1.165) is 32.9 Å². The van der Waals surface area contributed by atoms with Crippen molar-refractivity contribution in [3.05, 3.63) is 46.6 Å². The summed E-state index contributed by atoms with van der Waals surface area (Å²) in [4.78, 5) is 23.2. The fourth-order valence-electron chi connectivity index (χ4n) is 3.08. The number of ether oxygens (including phenoxy) is 1. The quantitative estimate of drug-likeness (QED) is 0.672. The summed E-state index contributed by atoms with van der Waals surface area (Å²) in [6.07, 6.45) is 3.89. The number of amides is 1. The number of benzene rings is 1. The van der Waals surface area contributed by atoms with Gasteiger partial charge < -0.3 is 15.4 Å². The van der Waals surface area contributed by atoms with Crippen molar-refractivity contribution >= 4 is 33.3 Å². The Balaban J connectivity index is 1.59. The van der Waals surface area contributed by atoms with Crippen LogP contribution in [0.25, 0.3) is 10.2 Å². The topological polar surface area (TPSA) is 76.1 Å². The van der Waals surface area contributed by atoms with Crippen molar-refractivity contribution in [3.8, 4) is 5.75 Å². The smallest absolute Gasteiger partial charge is 0.262 e. The zero-order valence-electron chi connectivity index (χ0n) is 15.6. The molecule has 2 N–H and O–H groups in total. The molecule has 2 aromatic heterocycles. The van der Waals surface area contributed by atoms with Crippen LogP contribution in [0.1, 0.15) is 46.6 Å². The summed E-state index contributed by atoms with van der Waals surface area (Å²) in [6.45, 7) is 3.93. The molecule has 1 aliphatic rings. The van der Waals surface area contributed by atoms with Gasteiger partial charge in [-0.2, -0.15) is 0 Å². The molecule has 1 aromatic carbocycles. The van der Waals surface area contributed by atoms with Crippen molar-refractivity contribution in [1.29, 1.82) is 0 Å². The molecule has 1 saturated carbocycles. The van der Waals surface area contributed by atoms with Gasteiger partial charge in [-0.25, -0.2) is 9.97 Å². The van der Waals surface area contributed by atoms with Gasteiger partial charge in [-0.3, -0.25) is 4.79 Å². The number of anilines is 1. The second kappa shape index (κ2) is 7.15. The van der Waals surface area contributed by atoms with E-state index in [1.165, 1.54) is 24.2 Å². The first-order valence-corrected chi connectivity index (χ1v) is 9.84. The molecular formula is C20H22N4O2S. The lowest BCUT2D eigenvalue weighted by Crippen LogP contribution is -2.26. The number of thiophene rings is 1. The Bertz CT molecular complexity index is 997. The minimum Gasteiger partial charge on any atom is -0.497 e. The minimum absolute atomic E-state index is 0.0943. The van der Waals surface area contributed by atoms with Crippen LogP contribution in [0.3, 0.4) is 0 Å². The number of hydrogen-bond acceptors (Lipinski definition) is 6. The highest BCUT2D eigenvalue weighted by molar-refractivity contribution is 7.20. The first-order valence-electron chi connectivity index (χ1n) is 9.02. The number of nitrogens with one attached hydrogen (secondary N) is 2. The number of rotatable bonds is 6. The largest absolute Gasteiger partial charge is 0.497 e. The number of nitrogens with zero attached hydrogens (tertiary/aromatic N) is 2. The normalized spacial score (nSPS) is 14.8. The number of fused-ring (bicyclic) bond motifs is 1. The highest BCUT2D eigenvalue weighted by Gasteiger charge is 2.25. The molecule has 0 unspecified atom stereocenters. The van der Waals surface area contributed by atoms with Crippen molar-refractivity contribution in [2.75, 3.05) is 12.4 Å². The molecule has 0 saturated heterocycles. The van der Waals surface area contributed by atoms with Crippen LogP contribution in [0.2, 0.25) is 0 Å². The maximum atomic E-state index is 12.9. The Kier molecular flexibility index (Phi) is 4.70. The predicted octanol–water partition coefficient (Wildman–Crippen LogP) is 4.07. The van der Waals surface area contributed by atoms with Gasteiger partial charge in [0.25, 0.3) is 5.91 Å². The molecule has 0 spiro atoms. The van der Waals surface area contributed by atoms with Gasteiger partial charge in [0.1, 0.15) is 22.7 Å². The summed E-state index contributed by atoms with van der Waals surface area (Å²) in [5.74, 6) is 1.51. The lowest BCUT2D eigenvalue weighted by atomic mass is 10.1. The molecule has 1 fully saturated rings. The molecule has 0 radical (unpaired) electrons. The third-order valence-electron chi connectivity index (χ3n) is 4.79. The number of aryl methyl sites for hydroxylation is 1. The third-order valence-corrected chi connectivity index (χ3v) is 5.99. The molecule has 1 atom stereocenters. The second-order valence-corrected chi connectivity index (χ2v) is 7.85. The van der Waals surface area contributed by atoms with Crippen LogP contribution in [0.5, 0.6) is 5.75 Å². The van der Waals surface area contributed by atoms with E-state index in [1.807, 2.05) is 38.1 Å². The molecule has 3 aromatic rings. The summed E-state index contributed by atoms with van der Waals surface area (Å²) in [5, 5.41) is 7.48. The SMILES string of the molecule is COc1cccc([C@@H](C)NC(=O)c2sc3ncnc(NC4CC4)c3c2C)c1. The average molecular weight is 382 g/mol. The number of hydrogen-bond donors (Lipinski definition) is 2. The molecular weight excluding hydrogens is 360 g/mol. The van der Waals surface area contributed by atoms with Crippen LogP contribution in [-0.2, 0) is 0 Å². The molecule has 0 aliphatic heterocycles. The Hall–Kier alpha value is -2.67. The van der Waals surface area contributed by atoms with E-state index in [2.05, 4.69) is 20.6 Å². The standard InChI is InChI=1S/C20H22N4O2S/c1-11-16-18(24-14-7-8-14)21-10-22-20(16)27-17(11)19(25)23-12(2)13-5-4-6-15(9-13)26-3/h4-6,9-10,12,14H,7-8H2,1-3H3,(H,23,25)(H,21,22,24)/t12-/m1/s1. The molecule has 6 nitrogen and oxygen atoms in total. The highest BCUT2D eigenvalue weighted by Crippen LogP contribution is 2.35. The van der Waals surface area contributed by atoms with Crippen LogP contribution < -0.4 is 15.4 Å². The van der Waals surface area contributed by atoms with Gasteiger partial charge >= 0.3 is 0 Å². The Labute approximate surface area is 162 Å². The number of methoxy groups -OCH3 is 1. The maximum Gasteiger partial charge on any atom is 0.262 e. The van der Waals surface area contributed by atoms with E-state index < -0.39 is 0 Å². The Morgan fingerprint density at radius 2 is 2.15 bits per heavy atom. The molecule has 1 aliphatic carbocycles.